The summed E-state index contributed by atoms with van der Waals surface area (Å²) >= 11 is 0. The Labute approximate surface area is 151 Å². The summed E-state index contributed by atoms with van der Waals surface area (Å²) in [5.74, 6) is 0.468. The lowest BCUT2D eigenvalue weighted by molar-refractivity contribution is 0.320. The van der Waals surface area contributed by atoms with Crippen LogP contribution in [0.25, 0.3) is 21.9 Å². The zero-order chi connectivity index (χ0) is 18.3. The van der Waals surface area contributed by atoms with E-state index in [0.29, 0.717) is 29.6 Å². The van der Waals surface area contributed by atoms with Gasteiger partial charge in [-0.05, 0) is 57.9 Å². The number of ether oxygens (including phenoxy) is 2. The number of hydrogen-bond donors (Lipinski definition) is 0. The second kappa shape index (κ2) is 6.32. The fourth-order valence-electron chi connectivity index (χ4n) is 3.20. The van der Waals surface area contributed by atoms with Crippen LogP contribution in [0.5, 0.6) is 5.75 Å². The third kappa shape index (κ3) is 3.27. The molecule has 4 rings (SSSR count). The third-order valence-corrected chi connectivity index (χ3v) is 4.91. The van der Waals surface area contributed by atoms with Crippen molar-refractivity contribution in [2.75, 3.05) is 6.61 Å². The van der Waals surface area contributed by atoms with Gasteiger partial charge in [0.25, 0.3) is 0 Å². The molecule has 0 spiro atoms. The van der Waals surface area contributed by atoms with Gasteiger partial charge < -0.3 is 18.3 Å². The van der Waals surface area contributed by atoms with Crippen LogP contribution in [0.4, 0.5) is 0 Å². The highest BCUT2D eigenvalue weighted by Gasteiger charge is 2.46. The third-order valence-electron chi connectivity index (χ3n) is 4.91. The lowest BCUT2D eigenvalue weighted by Crippen LogP contribution is -2.03. The Balaban J connectivity index is 1.52. The molecule has 3 aromatic rings. The number of epoxide rings is 1. The van der Waals surface area contributed by atoms with E-state index in [1.54, 1.807) is 12.3 Å². The van der Waals surface area contributed by atoms with Crippen LogP contribution in [0, 0.1) is 0 Å². The number of fused-ring (bicyclic) bond motifs is 2. The van der Waals surface area contributed by atoms with Crippen LogP contribution in [0.15, 0.2) is 55.8 Å². The first-order valence-electron chi connectivity index (χ1n) is 8.84. The molecule has 0 aliphatic carbocycles. The van der Waals surface area contributed by atoms with Crippen LogP contribution in [0.1, 0.15) is 33.6 Å². The second-order valence-corrected chi connectivity index (χ2v) is 7.33. The molecule has 136 valence electrons. The maximum absolute atomic E-state index is 11.6. The van der Waals surface area contributed by atoms with Crippen molar-refractivity contribution in [1.29, 1.82) is 0 Å². The van der Waals surface area contributed by atoms with Gasteiger partial charge in [0.15, 0.2) is 11.2 Å². The summed E-state index contributed by atoms with van der Waals surface area (Å²) < 4.78 is 22.5. The number of hydrogen-bond acceptors (Lipinski definition) is 5. The topological polar surface area (TPSA) is 65.1 Å². The van der Waals surface area contributed by atoms with E-state index >= 15 is 0 Å². The Morgan fingerprint density at radius 3 is 2.77 bits per heavy atom. The van der Waals surface area contributed by atoms with E-state index in [2.05, 4.69) is 20.8 Å². The molecule has 1 aliphatic heterocycles. The molecule has 1 fully saturated rings. The Morgan fingerprint density at radius 1 is 1.23 bits per heavy atom. The van der Waals surface area contributed by atoms with E-state index in [0.717, 1.165) is 23.6 Å². The van der Waals surface area contributed by atoms with Crippen molar-refractivity contribution in [2.24, 2.45) is 0 Å². The van der Waals surface area contributed by atoms with E-state index in [-0.39, 0.29) is 5.60 Å². The predicted octanol–water partition coefficient (Wildman–Crippen LogP) is 4.82. The first kappa shape index (κ1) is 16.9. The molecule has 3 heterocycles. The Kier molecular flexibility index (Phi) is 4.11. The molecule has 26 heavy (non-hydrogen) atoms. The van der Waals surface area contributed by atoms with Gasteiger partial charge in [-0.25, -0.2) is 4.79 Å². The summed E-state index contributed by atoms with van der Waals surface area (Å²) in [5.41, 5.74) is 1.87. The Bertz CT molecular complexity index is 1040. The molecular formula is C21H22O5. The zero-order valence-corrected chi connectivity index (χ0v) is 15.2. The maximum atomic E-state index is 11.6. The fourth-order valence-corrected chi connectivity index (χ4v) is 3.20. The van der Waals surface area contributed by atoms with E-state index < -0.39 is 5.63 Å². The summed E-state index contributed by atoms with van der Waals surface area (Å²) in [6.07, 6.45) is 5.98. The lowest BCUT2D eigenvalue weighted by Gasteiger charge is -2.08. The molecule has 5 nitrogen and oxygen atoms in total. The smallest absolute Gasteiger partial charge is 0.336 e. The number of allylic oxidation sites excluding steroid dienone is 1. The molecule has 0 saturated carbocycles. The normalized spacial score (nSPS) is 19.2. The quantitative estimate of drug-likeness (QED) is 0.361. The average Bonchev–Trinajstić information content (AvgIpc) is 2.99. The minimum atomic E-state index is -0.410. The summed E-state index contributed by atoms with van der Waals surface area (Å²) in [6.45, 7) is 6.70. The molecule has 5 heteroatoms. The lowest BCUT2D eigenvalue weighted by atomic mass is 10.0. The highest BCUT2D eigenvalue weighted by atomic mass is 16.6. The largest absolute Gasteiger partial charge is 0.482 e. The van der Waals surface area contributed by atoms with Gasteiger partial charge >= 0.3 is 5.63 Å². The van der Waals surface area contributed by atoms with Crippen LogP contribution in [-0.4, -0.2) is 18.3 Å². The summed E-state index contributed by atoms with van der Waals surface area (Å²) in [7, 11) is 0. The first-order chi connectivity index (χ1) is 12.4. The minimum Gasteiger partial charge on any atom is -0.482 e. The van der Waals surface area contributed by atoms with Gasteiger partial charge in [-0.1, -0.05) is 5.57 Å². The molecule has 1 aromatic carbocycles. The van der Waals surface area contributed by atoms with Gasteiger partial charge in [-0.3, -0.25) is 0 Å². The number of rotatable bonds is 6. The van der Waals surface area contributed by atoms with Crippen molar-refractivity contribution in [3.05, 3.63) is 52.6 Å². The zero-order valence-electron chi connectivity index (χ0n) is 15.2. The van der Waals surface area contributed by atoms with Crippen LogP contribution in [0.2, 0.25) is 0 Å². The van der Waals surface area contributed by atoms with Crippen molar-refractivity contribution in [3.8, 4) is 5.75 Å². The van der Waals surface area contributed by atoms with E-state index in [4.69, 9.17) is 18.3 Å². The van der Waals surface area contributed by atoms with Gasteiger partial charge in [0.2, 0.25) is 5.75 Å². The summed E-state index contributed by atoms with van der Waals surface area (Å²) in [6, 6.07) is 6.93. The molecular weight excluding hydrogens is 332 g/mol. The number of furan rings is 1. The molecule has 1 aliphatic rings. The van der Waals surface area contributed by atoms with Crippen molar-refractivity contribution < 1.29 is 18.3 Å². The van der Waals surface area contributed by atoms with Crippen LogP contribution < -0.4 is 10.4 Å². The average molecular weight is 354 g/mol. The number of benzene rings is 1. The highest BCUT2D eigenvalue weighted by Crippen LogP contribution is 2.39. The van der Waals surface area contributed by atoms with Gasteiger partial charge in [0, 0.05) is 16.8 Å². The van der Waals surface area contributed by atoms with Gasteiger partial charge in [0.05, 0.1) is 18.0 Å². The highest BCUT2D eigenvalue weighted by molar-refractivity contribution is 5.99. The van der Waals surface area contributed by atoms with E-state index in [1.807, 2.05) is 18.2 Å². The van der Waals surface area contributed by atoms with E-state index in [9.17, 15) is 4.79 Å². The Hall–Kier alpha value is -2.53. The van der Waals surface area contributed by atoms with E-state index in [1.165, 1.54) is 11.6 Å². The summed E-state index contributed by atoms with van der Waals surface area (Å²) in [4.78, 5) is 11.6. The maximum Gasteiger partial charge on any atom is 0.336 e. The molecule has 1 saturated heterocycles. The molecule has 0 N–H and O–H groups in total. The molecule has 2 aromatic heterocycles. The predicted molar refractivity (Wildman–Crippen MR) is 99.7 cm³/mol. The monoisotopic (exact) mass is 354 g/mol. The van der Waals surface area contributed by atoms with Crippen LogP contribution in [0.3, 0.4) is 0 Å². The minimum absolute atomic E-state index is 0.0299. The van der Waals surface area contributed by atoms with Crippen molar-refractivity contribution in [2.45, 2.75) is 45.3 Å². The Morgan fingerprint density at radius 2 is 2.00 bits per heavy atom. The van der Waals surface area contributed by atoms with Crippen molar-refractivity contribution in [3.63, 3.8) is 0 Å². The first-order valence-corrected chi connectivity index (χ1v) is 8.84. The SMILES string of the molecule is CC(=CCOc1c2occc2cc2ccc(=O)oc12)CCC1OC1(C)C. The van der Waals surface area contributed by atoms with Crippen molar-refractivity contribution in [1.82, 2.24) is 0 Å². The molecule has 0 amide bonds. The second-order valence-electron chi connectivity index (χ2n) is 7.33. The molecule has 0 radical (unpaired) electrons. The molecule has 1 unspecified atom stereocenters. The fraction of sp³-hybridized carbons (Fsp3) is 0.381. The van der Waals surface area contributed by atoms with Crippen LogP contribution in [-0.2, 0) is 4.74 Å². The summed E-state index contributed by atoms with van der Waals surface area (Å²) in [5, 5.41) is 1.72. The van der Waals surface area contributed by atoms with Gasteiger partial charge in [-0.2, -0.15) is 0 Å². The standard InChI is InChI=1S/C21H22O5/c1-13(4-6-16-21(2,3)26-16)8-10-24-20-18-15(9-11-23-18)12-14-5-7-17(22)25-19(14)20/h5,7-9,11-12,16H,4,6,10H2,1-3H3. The van der Waals surface area contributed by atoms with Crippen LogP contribution >= 0.6 is 0 Å². The van der Waals surface area contributed by atoms with Gasteiger partial charge in [0.1, 0.15) is 6.61 Å². The van der Waals surface area contributed by atoms with Crippen molar-refractivity contribution >= 4 is 21.9 Å². The molecule has 1 atom stereocenters. The molecule has 0 bridgehead atoms. The van der Waals surface area contributed by atoms with Gasteiger partial charge in [-0.15, -0.1) is 0 Å².